The highest BCUT2D eigenvalue weighted by molar-refractivity contribution is 6.11. The van der Waals surface area contributed by atoms with Crippen molar-refractivity contribution in [3.8, 4) is 11.3 Å². The zero-order valence-electron chi connectivity index (χ0n) is 18.5. The number of hydrogen-bond acceptors (Lipinski definition) is 5. The first-order valence-electron chi connectivity index (χ1n) is 10.2. The van der Waals surface area contributed by atoms with E-state index in [4.69, 9.17) is 0 Å². The van der Waals surface area contributed by atoms with Crippen LogP contribution in [0.5, 0.6) is 0 Å². The molecule has 0 spiro atoms. The first-order chi connectivity index (χ1) is 16.2. The Morgan fingerprint density at radius 3 is 2.44 bits per heavy atom. The lowest BCUT2D eigenvalue weighted by atomic mass is 10.1. The van der Waals surface area contributed by atoms with Gasteiger partial charge in [0.15, 0.2) is 5.65 Å². The van der Waals surface area contributed by atoms with E-state index in [1.807, 2.05) is 0 Å². The van der Waals surface area contributed by atoms with Crippen molar-refractivity contribution in [2.75, 3.05) is 19.4 Å². The van der Waals surface area contributed by atoms with Crippen molar-refractivity contribution in [3.05, 3.63) is 65.5 Å². The molecular weight excluding hydrogens is 451 g/mol. The molecule has 0 saturated carbocycles. The normalized spacial score (nSPS) is 11.3. The third-order valence-corrected chi connectivity index (χ3v) is 5.10. The van der Waals surface area contributed by atoms with Crippen LogP contribution in [0.4, 0.5) is 18.9 Å². The van der Waals surface area contributed by atoms with Crippen molar-refractivity contribution in [2.24, 2.45) is 0 Å². The van der Waals surface area contributed by atoms with Gasteiger partial charge in [-0.1, -0.05) is 0 Å². The SMILES string of the molecule is CCn1ncc(NC(=O)c2cnn3c(C(F)F)cc(-c4ccc(F)cc4)nc23)c1C(=O)N(C)C. The maximum atomic E-state index is 13.8. The van der Waals surface area contributed by atoms with Gasteiger partial charge in [0.1, 0.15) is 22.8 Å². The molecule has 1 aromatic carbocycles. The van der Waals surface area contributed by atoms with Gasteiger partial charge in [0.2, 0.25) is 0 Å². The van der Waals surface area contributed by atoms with E-state index in [2.05, 4.69) is 20.5 Å². The minimum Gasteiger partial charge on any atom is -0.343 e. The van der Waals surface area contributed by atoms with Gasteiger partial charge in [-0.2, -0.15) is 10.2 Å². The zero-order chi connectivity index (χ0) is 24.6. The summed E-state index contributed by atoms with van der Waals surface area (Å²) in [6.07, 6.45) is -0.450. The summed E-state index contributed by atoms with van der Waals surface area (Å²) in [5.41, 5.74) is 0.169. The number of hydrogen-bond donors (Lipinski definition) is 1. The minimum absolute atomic E-state index is 0.0848. The molecule has 3 heterocycles. The van der Waals surface area contributed by atoms with Gasteiger partial charge in [-0.05, 0) is 37.3 Å². The van der Waals surface area contributed by atoms with Gasteiger partial charge in [-0.15, -0.1) is 0 Å². The first-order valence-corrected chi connectivity index (χ1v) is 10.2. The number of anilines is 1. The van der Waals surface area contributed by atoms with Gasteiger partial charge in [0.25, 0.3) is 18.2 Å². The van der Waals surface area contributed by atoms with E-state index in [0.29, 0.717) is 12.1 Å². The minimum atomic E-state index is -2.91. The van der Waals surface area contributed by atoms with E-state index in [9.17, 15) is 22.8 Å². The largest absolute Gasteiger partial charge is 0.343 e. The topological polar surface area (TPSA) is 97.4 Å². The lowest BCUT2D eigenvalue weighted by Gasteiger charge is -2.13. The van der Waals surface area contributed by atoms with Gasteiger partial charge < -0.3 is 10.2 Å². The molecule has 0 saturated heterocycles. The van der Waals surface area contributed by atoms with Crippen molar-refractivity contribution in [2.45, 2.75) is 19.9 Å². The Morgan fingerprint density at radius 1 is 1.12 bits per heavy atom. The third-order valence-electron chi connectivity index (χ3n) is 5.10. The summed E-state index contributed by atoms with van der Waals surface area (Å²) in [7, 11) is 3.14. The maximum Gasteiger partial charge on any atom is 0.280 e. The maximum absolute atomic E-state index is 13.8. The molecule has 2 amide bonds. The number of amides is 2. The molecular formula is C22H20F3N7O2. The molecule has 0 unspecified atom stereocenters. The molecule has 12 heteroatoms. The van der Waals surface area contributed by atoms with E-state index in [0.717, 1.165) is 16.8 Å². The fourth-order valence-electron chi connectivity index (χ4n) is 3.41. The van der Waals surface area contributed by atoms with Crippen LogP contribution in [0, 0.1) is 5.82 Å². The molecule has 176 valence electrons. The number of fused-ring (bicyclic) bond motifs is 1. The highest BCUT2D eigenvalue weighted by Crippen LogP contribution is 2.27. The second kappa shape index (κ2) is 8.96. The Hall–Kier alpha value is -4.22. The highest BCUT2D eigenvalue weighted by atomic mass is 19.3. The Balaban J connectivity index is 1.78. The average Bonchev–Trinajstić information content (AvgIpc) is 3.42. The number of carbonyl (C=O) groups excluding carboxylic acids is 2. The standard InChI is InChI=1S/C22H20F3N7O2/c1-4-31-18(22(34)30(2)3)16(11-26-31)29-21(33)14-10-27-32-17(19(24)25)9-15(28-20(14)32)12-5-7-13(23)8-6-12/h5-11,19H,4H2,1-3H3,(H,29,33). The molecule has 0 aliphatic carbocycles. The van der Waals surface area contributed by atoms with Crippen molar-refractivity contribution < 1.29 is 22.8 Å². The highest BCUT2D eigenvalue weighted by Gasteiger charge is 2.25. The molecule has 0 aliphatic rings. The van der Waals surface area contributed by atoms with Crippen LogP contribution < -0.4 is 5.32 Å². The van der Waals surface area contributed by atoms with Crippen LogP contribution in [0.2, 0.25) is 0 Å². The molecule has 3 aromatic heterocycles. The lowest BCUT2D eigenvalue weighted by molar-refractivity contribution is 0.0816. The second-order valence-electron chi connectivity index (χ2n) is 7.54. The Labute approximate surface area is 191 Å². The van der Waals surface area contributed by atoms with Crippen molar-refractivity contribution in [1.82, 2.24) is 29.3 Å². The van der Waals surface area contributed by atoms with Gasteiger partial charge in [0, 0.05) is 26.2 Å². The van der Waals surface area contributed by atoms with E-state index in [1.54, 1.807) is 21.0 Å². The van der Waals surface area contributed by atoms with Crippen LogP contribution in [0.1, 0.15) is 39.9 Å². The number of halogens is 3. The fraction of sp³-hybridized carbons (Fsp3) is 0.227. The fourth-order valence-corrected chi connectivity index (χ4v) is 3.41. The molecule has 0 fully saturated rings. The number of aryl methyl sites for hydroxylation is 1. The van der Waals surface area contributed by atoms with E-state index >= 15 is 0 Å². The van der Waals surface area contributed by atoms with Crippen LogP contribution in [-0.4, -0.2) is 55.2 Å². The summed E-state index contributed by atoms with van der Waals surface area (Å²) in [5, 5.41) is 10.6. The van der Waals surface area contributed by atoms with Crippen LogP contribution in [-0.2, 0) is 6.54 Å². The molecule has 4 aromatic rings. The summed E-state index contributed by atoms with van der Waals surface area (Å²) in [4.78, 5) is 31.4. The lowest BCUT2D eigenvalue weighted by Crippen LogP contribution is -2.26. The molecule has 0 atom stereocenters. The summed E-state index contributed by atoms with van der Waals surface area (Å²) < 4.78 is 43.2. The Kier molecular flexibility index (Phi) is 6.05. The van der Waals surface area contributed by atoms with E-state index in [1.165, 1.54) is 40.0 Å². The predicted octanol–water partition coefficient (Wildman–Crippen LogP) is 3.64. The molecule has 1 N–H and O–H groups in total. The smallest absolute Gasteiger partial charge is 0.280 e. The number of rotatable bonds is 6. The van der Waals surface area contributed by atoms with Crippen molar-refractivity contribution >= 4 is 23.1 Å². The molecule has 0 radical (unpaired) electrons. The van der Waals surface area contributed by atoms with Crippen molar-refractivity contribution in [3.63, 3.8) is 0 Å². The first kappa shape index (κ1) is 23.0. The summed E-state index contributed by atoms with van der Waals surface area (Å²) in [6.45, 7) is 2.19. The second-order valence-corrected chi connectivity index (χ2v) is 7.54. The number of nitrogens with zero attached hydrogens (tertiary/aromatic N) is 6. The molecule has 34 heavy (non-hydrogen) atoms. The predicted molar refractivity (Wildman–Crippen MR) is 117 cm³/mol. The van der Waals surface area contributed by atoms with E-state index < -0.39 is 23.8 Å². The average molecular weight is 471 g/mol. The van der Waals surface area contributed by atoms with Gasteiger partial charge in [-0.25, -0.2) is 22.7 Å². The van der Waals surface area contributed by atoms with Gasteiger partial charge >= 0.3 is 0 Å². The number of alkyl halides is 2. The van der Waals surface area contributed by atoms with Crippen LogP contribution >= 0.6 is 0 Å². The van der Waals surface area contributed by atoms with Gasteiger partial charge in [-0.3, -0.25) is 14.3 Å². The zero-order valence-corrected chi connectivity index (χ0v) is 18.5. The van der Waals surface area contributed by atoms with Crippen LogP contribution in [0.25, 0.3) is 16.9 Å². The summed E-state index contributed by atoms with van der Waals surface area (Å²) >= 11 is 0. The molecule has 4 rings (SSSR count). The molecule has 0 bridgehead atoms. The summed E-state index contributed by atoms with van der Waals surface area (Å²) in [5.74, 6) is -1.56. The van der Waals surface area contributed by atoms with Crippen molar-refractivity contribution in [1.29, 1.82) is 0 Å². The van der Waals surface area contributed by atoms with Gasteiger partial charge in [0.05, 0.1) is 23.8 Å². The molecule has 0 aliphatic heterocycles. The number of aromatic nitrogens is 5. The quantitative estimate of drug-likeness (QED) is 0.463. The third kappa shape index (κ3) is 4.09. The monoisotopic (exact) mass is 471 g/mol. The van der Waals surface area contributed by atoms with E-state index in [-0.39, 0.29) is 34.2 Å². The number of benzene rings is 1. The number of carbonyl (C=O) groups is 2. The molecule has 9 nitrogen and oxygen atoms in total. The number of nitrogens with one attached hydrogen (secondary N) is 1. The van der Waals surface area contributed by atoms with Crippen LogP contribution in [0.15, 0.2) is 42.7 Å². The summed E-state index contributed by atoms with van der Waals surface area (Å²) in [6, 6.07) is 6.30. The Morgan fingerprint density at radius 2 is 1.82 bits per heavy atom. The Bertz CT molecular complexity index is 1380. The van der Waals surface area contributed by atoms with Crippen LogP contribution in [0.3, 0.4) is 0 Å².